The second-order valence-corrected chi connectivity index (χ2v) is 19.6. The third kappa shape index (κ3) is 9.88. The highest BCUT2D eigenvalue weighted by atomic mass is 35.5. The van der Waals surface area contributed by atoms with Gasteiger partial charge in [0.25, 0.3) is 0 Å². The van der Waals surface area contributed by atoms with Crippen LogP contribution in [0.15, 0.2) is 152 Å². The molecule has 12 heteroatoms. The summed E-state index contributed by atoms with van der Waals surface area (Å²) in [5, 5.41) is 2.72. The Bertz CT molecular complexity index is 3220. The molecule has 2 aromatic heterocycles. The molecule has 2 heterocycles. The van der Waals surface area contributed by atoms with Crippen molar-refractivity contribution in [1.82, 2.24) is 18.9 Å². The van der Waals surface area contributed by atoms with Crippen molar-refractivity contribution in [2.75, 3.05) is 13.6 Å². The van der Waals surface area contributed by atoms with E-state index in [1.807, 2.05) is 159 Å². The minimum absolute atomic E-state index is 0.0158. The molecule has 6 aromatic carbocycles. The normalized spacial score (nSPS) is 15.3. The van der Waals surface area contributed by atoms with Crippen LogP contribution in [0.1, 0.15) is 63.7 Å². The zero-order valence-corrected chi connectivity index (χ0v) is 40.9. The third-order valence-corrected chi connectivity index (χ3v) is 15.2. The lowest BCUT2D eigenvalue weighted by atomic mass is 9.84. The van der Waals surface area contributed by atoms with Gasteiger partial charge in [-0.1, -0.05) is 138 Å². The lowest BCUT2D eigenvalue weighted by molar-refractivity contribution is -0.160. The number of hydrogen-bond donors (Lipinski definition) is 0. The van der Waals surface area contributed by atoms with Crippen LogP contribution in [0.5, 0.6) is 0 Å². The van der Waals surface area contributed by atoms with E-state index in [1.54, 1.807) is 6.07 Å². The topological polar surface area (TPSA) is 93.9 Å². The Hall–Kier alpha value is -7.01. The molecular formula is C59H53Cl2FN4O5. The van der Waals surface area contributed by atoms with Gasteiger partial charge >= 0.3 is 11.9 Å². The Morgan fingerprint density at radius 3 is 1.76 bits per heavy atom. The van der Waals surface area contributed by atoms with Gasteiger partial charge in [0.05, 0.1) is 6.04 Å². The highest BCUT2D eigenvalue weighted by Gasteiger charge is 2.36. The number of ether oxygens (including phenoxy) is 1. The zero-order chi connectivity index (χ0) is 49.2. The van der Waals surface area contributed by atoms with E-state index in [2.05, 4.69) is 0 Å². The summed E-state index contributed by atoms with van der Waals surface area (Å²) in [5.74, 6) is -2.51. The Kier molecular flexibility index (Phi) is 13.9. The van der Waals surface area contributed by atoms with Crippen molar-refractivity contribution >= 4 is 68.8 Å². The Morgan fingerprint density at radius 1 is 0.634 bits per heavy atom. The summed E-state index contributed by atoms with van der Waals surface area (Å²) < 4.78 is 24.3. The van der Waals surface area contributed by atoms with Crippen LogP contribution in [0.2, 0.25) is 10.0 Å². The molecule has 9 nitrogen and oxygen atoms in total. The molecule has 10 rings (SSSR count). The average molecular weight is 988 g/mol. The minimum atomic E-state index is -0.738. The van der Waals surface area contributed by atoms with Crippen molar-refractivity contribution in [3.05, 3.63) is 212 Å². The molecule has 2 amide bonds. The number of esters is 2. The molecule has 0 spiro atoms. The second kappa shape index (κ2) is 20.8. The Balaban J connectivity index is 0.845. The molecule has 0 bridgehead atoms. The smallest absolute Gasteiger partial charge is 0.333 e. The van der Waals surface area contributed by atoms with Crippen molar-refractivity contribution in [3.63, 3.8) is 0 Å². The van der Waals surface area contributed by atoms with E-state index in [-0.39, 0.29) is 42.8 Å². The summed E-state index contributed by atoms with van der Waals surface area (Å²) in [6.45, 7) is 0.415. The molecule has 2 atom stereocenters. The van der Waals surface area contributed by atoms with Crippen molar-refractivity contribution in [1.29, 1.82) is 0 Å². The minimum Gasteiger partial charge on any atom is -0.390 e. The standard InChI is InChI=1S/C59H53Cl2FN4O5/c1-63(57(39-16-7-3-8-17-39)40-18-9-4-10-19-40)58(69)41-24-27-53-47(32-41)48-34-43(62)26-29-54(48)66(53)37-56(68)71-55(67)36-65-51-23-12-11-20-44(51)46-33-42(25-28-52(46)65)59(70)64(35-38-14-5-2-6-15-38)31-30-45-49(60)21-13-22-50(45)61/h2-23,26,29,34,41-42,57H,24-25,27-28,30-33,35-37H2,1H3. The van der Waals surface area contributed by atoms with Gasteiger partial charge in [0.1, 0.15) is 18.9 Å². The van der Waals surface area contributed by atoms with E-state index in [9.17, 15) is 23.6 Å². The van der Waals surface area contributed by atoms with Crippen LogP contribution in [0, 0.1) is 17.7 Å². The van der Waals surface area contributed by atoms with E-state index in [0.29, 0.717) is 79.0 Å². The molecule has 0 N–H and O–H groups in total. The van der Waals surface area contributed by atoms with E-state index < -0.39 is 17.8 Å². The van der Waals surface area contributed by atoms with Gasteiger partial charge in [-0.15, -0.1) is 0 Å². The van der Waals surface area contributed by atoms with Crippen molar-refractivity contribution < 1.29 is 28.3 Å². The second-order valence-electron chi connectivity index (χ2n) is 18.8. The number of hydrogen-bond acceptors (Lipinski definition) is 5. The number of aromatic nitrogens is 2. The third-order valence-electron chi connectivity index (χ3n) is 14.5. The molecule has 0 radical (unpaired) electrons. The number of amides is 2. The number of rotatable bonds is 14. The van der Waals surface area contributed by atoms with Crippen LogP contribution in [0.3, 0.4) is 0 Å². The maximum absolute atomic E-state index is 15.0. The lowest BCUT2D eigenvalue weighted by Crippen LogP contribution is -2.39. The molecule has 2 aliphatic carbocycles. The molecule has 0 aliphatic heterocycles. The lowest BCUT2D eigenvalue weighted by Gasteiger charge is -2.33. The van der Waals surface area contributed by atoms with E-state index in [1.165, 1.54) is 12.1 Å². The molecule has 0 fully saturated rings. The van der Waals surface area contributed by atoms with Crippen LogP contribution < -0.4 is 0 Å². The van der Waals surface area contributed by atoms with Crippen molar-refractivity contribution in [3.8, 4) is 0 Å². The van der Waals surface area contributed by atoms with Crippen LogP contribution in [-0.4, -0.2) is 56.3 Å². The van der Waals surface area contributed by atoms with Crippen molar-refractivity contribution in [2.45, 2.75) is 70.6 Å². The summed E-state index contributed by atoms with van der Waals surface area (Å²) in [7, 11) is 1.84. The number of carbonyl (C=O) groups excluding carboxylic acids is 4. The Morgan fingerprint density at radius 2 is 1.15 bits per heavy atom. The predicted molar refractivity (Wildman–Crippen MR) is 275 cm³/mol. The number of carbonyl (C=O) groups is 4. The molecule has 2 unspecified atom stereocenters. The fraction of sp³-hybridized carbons (Fsp3) is 0.254. The van der Waals surface area contributed by atoms with E-state index >= 15 is 0 Å². The number of nitrogens with zero attached hydrogens (tertiary/aromatic N) is 4. The van der Waals surface area contributed by atoms with Crippen LogP contribution >= 0.6 is 23.2 Å². The van der Waals surface area contributed by atoms with Gasteiger partial charge in [-0.2, -0.15) is 0 Å². The first-order valence-electron chi connectivity index (χ1n) is 24.3. The van der Waals surface area contributed by atoms with E-state index in [0.717, 1.165) is 55.7 Å². The summed E-state index contributed by atoms with van der Waals surface area (Å²) >= 11 is 13.1. The van der Waals surface area contributed by atoms with Crippen molar-refractivity contribution in [2.24, 2.45) is 11.8 Å². The fourth-order valence-electron chi connectivity index (χ4n) is 11.1. The van der Waals surface area contributed by atoms with Gasteiger partial charge in [0.2, 0.25) is 11.8 Å². The first-order chi connectivity index (χ1) is 34.5. The van der Waals surface area contributed by atoms with Gasteiger partial charge in [0, 0.05) is 75.2 Å². The maximum atomic E-state index is 15.0. The largest absolute Gasteiger partial charge is 0.390 e. The molecule has 8 aromatic rings. The monoisotopic (exact) mass is 986 g/mol. The number of para-hydroxylation sites is 1. The quantitative estimate of drug-likeness (QED) is 0.0799. The highest BCUT2D eigenvalue weighted by molar-refractivity contribution is 6.36. The molecule has 2 aliphatic rings. The predicted octanol–water partition coefficient (Wildman–Crippen LogP) is 11.5. The summed E-state index contributed by atoms with van der Waals surface area (Å²) in [6, 6.07) is 47.2. The van der Waals surface area contributed by atoms with Gasteiger partial charge in [0.15, 0.2) is 0 Å². The molecule has 360 valence electrons. The summed E-state index contributed by atoms with van der Waals surface area (Å²) in [6.07, 6.45) is 3.49. The van der Waals surface area contributed by atoms with Gasteiger partial charge < -0.3 is 23.7 Å². The fourth-order valence-corrected chi connectivity index (χ4v) is 11.7. The number of fused-ring (bicyclic) bond motifs is 6. The number of benzene rings is 6. The van der Waals surface area contributed by atoms with Crippen LogP contribution in [0.4, 0.5) is 4.39 Å². The molecule has 71 heavy (non-hydrogen) atoms. The maximum Gasteiger partial charge on any atom is 0.333 e. The average Bonchev–Trinajstić information content (AvgIpc) is 3.86. The summed E-state index contributed by atoms with van der Waals surface area (Å²) in [4.78, 5) is 60.4. The molecule has 0 saturated heterocycles. The summed E-state index contributed by atoms with van der Waals surface area (Å²) in [5.41, 5.74) is 8.89. The number of halogens is 3. The SMILES string of the molecule is CN(C(=O)C1CCc2c(c3cc(F)ccc3n2CC(=O)OC(=O)Cn2c3c(c4ccccc42)CC(C(=O)N(CCc2c(Cl)cccc2Cl)Cc2ccccc2)CC3)C1)C(c1ccccc1)c1ccccc1. The van der Waals surface area contributed by atoms with Gasteiger partial charge in [-0.05, 0) is 115 Å². The molecule has 0 saturated carbocycles. The first kappa shape index (κ1) is 47.7. The highest BCUT2D eigenvalue weighted by Crippen LogP contribution is 2.39. The van der Waals surface area contributed by atoms with Gasteiger partial charge in [-0.3, -0.25) is 9.59 Å². The van der Waals surface area contributed by atoms with Crippen LogP contribution in [0.25, 0.3) is 21.8 Å². The van der Waals surface area contributed by atoms with Gasteiger partial charge in [-0.25, -0.2) is 14.0 Å². The van der Waals surface area contributed by atoms with E-state index in [4.69, 9.17) is 27.9 Å². The molecular weight excluding hydrogens is 935 g/mol. The van der Waals surface area contributed by atoms with Crippen LogP contribution in [-0.2, 0) is 75.7 Å². The zero-order valence-electron chi connectivity index (χ0n) is 39.4. The first-order valence-corrected chi connectivity index (χ1v) is 25.0. The Labute approximate surface area is 422 Å².